The molecule has 1 saturated heterocycles. The standard InChI is InChI=1S/C23H23ClN6O2/c1-15(31)27(2)20-9-10-28(14-20)21-8-7-19(11-25-21)29-12-16-13-30(26-22(16)23(29)32)18-5-3-17(24)4-6-18/h3-8,11,13,20H,9-10,12,14H2,1-2H3/t20-/m0/s1. The second-order valence-corrected chi connectivity index (χ2v) is 8.64. The van der Waals surface area contributed by atoms with Crippen LogP contribution in [0.15, 0.2) is 48.8 Å². The van der Waals surface area contributed by atoms with Crippen molar-refractivity contribution in [3.63, 3.8) is 0 Å². The average molecular weight is 451 g/mol. The summed E-state index contributed by atoms with van der Waals surface area (Å²) in [5, 5.41) is 5.14. The fourth-order valence-corrected chi connectivity index (χ4v) is 4.38. The maximum atomic E-state index is 13.0. The highest BCUT2D eigenvalue weighted by Crippen LogP contribution is 2.30. The van der Waals surface area contributed by atoms with E-state index in [2.05, 4.69) is 15.0 Å². The van der Waals surface area contributed by atoms with E-state index in [4.69, 9.17) is 11.6 Å². The quantitative estimate of drug-likeness (QED) is 0.610. The van der Waals surface area contributed by atoms with E-state index in [1.807, 2.05) is 37.5 Å². The molecular formula is C23H23ClN6O2. The lowest BCUT2D eigenvalue weighted by Crippen LogP contribution is -2.37. The van der Waals surface area contributed by atoms with Gasteiger partial charge in [0.05, 0.1) is 30.2 Å². The Morgan fingerprint density at radius 1 is 1.16 bits per heavy atom. The van der Waals surface area contributed by atoms with Gasteiger partial charge in [0, 0.05) is 43.8 Å². The Morgan fingerprint density at radius 2 is 1.91 bits per heavy atom. The molecule has 1 atom stereocenters. The van der Waals surface area contributed by atoms with Crippen LogP contribution in [0.5, 0.6) is 0 Å². The molecule has 0 bridgehead atoms. The number of hydrogen-bond donors (Lipinski definition) is 0. The van der Waals surface area contributed by atoms with Crippen LogP contribution < -0.4 is 9.80 Å². The number of benzene rings is 1. The van der Waals surface area contributed by atoms with E-state index in [1.54, 1.807) is 39.7 Å². The Morgan fingerprint density at radius 3 is 2.56 bits per heavy atom. The van der Waals surface area contributed by atoms with Gasteiger partial charge in [-0.15, -0.1) is 0 Å². The van der Waals surface area contributed by atoms with Crippen molar-refractivity contribution in [2.45, 2.75) is 25.9 Å². The van der Waals surface area contributed by atoms with E-state index in [0.29, 0.717) is 17.3 Å². The number of halogens is 1. The predicted octanol–water partition coefficient (Wildman–Crippen LogP) is 3.14. The second-order valence-electron chi connectivity index (χ2n) is 8.21. The van der Waals surface area contributed by atoms with Gasteiger partial charge in [0.2, 0.25) is 5.91 Å². The molecule has 0 radical (unpaired) electrons. The molecule has 2 aliphatic heterocycles. The molecule has 32 heavy (non-hydrogen) atoms. The maximum Gasteiger partial charge on any atom is 0.279 e. The van der Waals surface area contributed by atoms with E-state index in [-0.39, 0.29) is 17.9 Å². The van der Waals surface area contributed by atoms with Gasteiger partial charge in [-0.2, -0.15) is 5.10 Å². The van der Waals surface area contributed by atoms with E-state index in [9.17, 15) is 9.59 Å². The summed E-state index contributed by atoms with van der Waals surface area (Å²) in [5.74, 6) is 0.794. The van der Waals surface area contributed by atoms with E-state index in [1.165, 1.54) is 0 Å². The minimum atomic E-state index is -0.133. The summed E-state index contributed by atoms with van der Waals surface area (Å²) in [7, 11) is 1.84. The highest BCUT2D eigenvalue weighted by Gasteiger charge is 2.33. The molecule has 5 rings (SSSR count). The monoisotopic (exact) mass is 450 g/mol. The van der Waals surface area contributed by atoms with Crippen LogP contribution in [-0.2, 0) is 11.3 Å². The van der Waals surface area contributed by atoms with Crippen molar-refractivity contribution in [3.05, 3.63) is 65.1 Å². The zero-order valence-corrected chi connectivity index (χ0v) is 18.7. The molecule has 9 heteroatoms. The molecule has 0 saturated carbocycles. The molecule has 164 valence electrons. The van der Waals surface area contributed by atoms with Crippen molar-refractivity contribution >= 4 is 34.9 Å². The van der Waals surface area contributed by atoms with Crippen LogP contribution in [0.4, 0.5) is 11.5 Å². The fraction of sp³-hybridized carbons (Fsp3) is 0.304. The Bertz CT molecular complexity index is 1170. The molecule has 4 heterocycles. The van der Waals surface area contributed by atoms with Crippen molar-refractivity contribution in [2.24, 2.45) is 0 Å². The third-order valence-corrected chi connectivity index (χ3v) is 6.49. The van der Waals surface area contributed by atoms with Crippen LogP contribution in [0.1, 0.15) is 29.4 Å². The normalized spacial score (nSPS) is 17.7. The van der Waals surface area contributed by atoms with Gasteiger partial charge in [-0.3, -0.25) is 9.59 Å². The SMILES string of the molecule is CC(=O)N(C)[C@H]1CCN(c2ccc(N3Cc4cn(-c5ccc(Cl)cc5)nc4C3=O)cn2)C1. The summed E-state index contributed by atoms with van der Waals surface area (Å²) in [6.07, 6.45) is 4.53. The van der Waals surface area contributed by atoms with Crippen molar-refractivity contribution in [2.75, 3.05) is 29.9 Å². The number of aromatic nitrogens is 3. The average Bonchev–Trinajstić information content (AvgIpc) is 3.50. The number of carbonyl (C=O) groups is 2. The Balaban J connectivity index is 1.28. The first-order valence-electron chi connectivity index (χ1n) is 10.5. The lowest BCUT2D eigenvalue weighted by molar-refractivity contribution is -0.129. The number of amides is 2. The van der Waals surface area contributed by atoms with Gasteiger partial charge in [-0.1, -0.05) is 11.6 Å². The van der Waals surface area contributed by atoms with E-state index >= 15 is 0 Å². The summed E-state index contributed by atoms with van der Waals surface area (Å²) in [5.41, 5.74) is 2.93. The molecule has 1 aromatic carbocycles. The van der Waals surface area contributed by atoms with Gasteiger partial charge in [-0.05, 0) is 42.8 Å². The summed E-state index contributed by atoms with van der Waals surface area (Å²) < 4.78 is 1.71. The summed E-state index contributed by atoms with van der Waals surface area (Å²) in [6, 6.07) is 11.4. The number of likely N-dealkylation sites (N-methyl/N-ethyl adjacent to an activating group) is 1. The zero-order valence-electron chi connectivity index (χ0n) is 17.9. The van der Waals surface area contributed by atoms with Crippen molar-refractivity contribution in [3.8, 4) is 5.69 Å². The first kappa shape index (κ1) is 20.5. The lowest BCUT2D eigenvalue weighted by Gasteiger charge is -2.24. The molecule has 0 N–H and O–H groups in total. The van der Waals surface area contributed by atoms with E-state index in [0.717, 1.165) is 42.3 Å². The van der Waals surface area contributed by atoms with Crippen LogP contribution in [0.2, 0.25) is 5.02 Å². The minimum absolute atomic E-state index is 0.0742. The topological polar surface area (TPSA) is 74.6 Å². The number of anilines is 2. The second kappa shape index (κ2) is 7.94. The molecule has 2 aliphatic rings. The van der Waals surface area contributed by atoms with E-state index < -0.39 is 0 Å². The smallest absolute Gasteiger partial charge is 0.279 e. The van der Waals surface area contributed by atoms with Crippen molar-refractivity contribution in [1.29, 1.82) is 0 Å². The predicted molar refractivity (Wildman–Crippen MR) is 122 cm³/mol. The van der Waals surface area contributed by atoms with Gasteiger partial charge in [0.15, 0.2) is 5.69 Å². The van der Waals surface area contributed by atoms with Gasteiger partial charge in [-0.25, -0.2) is 9.67 Å². The third kappa shape index (κ3) is 3.60. The summed E-state index contributed by atoms with van der Waals surface area (Å²) in [6.45, 7) is 3.65. The molecule has 0 spiro atoms. The van der Waals surface area contributed by atoms with Crippen LogP contribution in [0.3, 0.4) is 0 Å². The van der Waals surface area contributed by atoms with Crippen LogP contribution in [0.25, 0.3) is 5.69 Å². The highest BCUT2D eigenvalue weighted by molar-refractivity contribution is 6.30. The number of rotatable bonds is 4. The van der Waals surface area contributed by atoms with Crippen LogP contribution in [0, 0.1) is 0 Å². The zero-order chi connectivity index (χ0) is 22.4. The molecule has 1 fully saturated rings. The lowest BCUT2D eigenvalue weighted by atomic mass is 10.2. The molecule has 8 nitrogen and oxygen atoms in total. The number of carbonyl (C=O) groups excluding carboxylic acids is 2. The molecule has 0 unspecified atom stereocenters. The summed E-state index contributed by atoms with van der Waals surface area (Å²) >= 11 is 5.96. The van der Waals surface area contributed by atoms with Gasteiger partial charge >= 0.3 is 0 Å². The van der Waals surface area contributed by atoms with Gasteiger partial charge in [0.25, 0.3) is 5.91 Å². The maximum absolute atomic E-state index is 13.0. The van der Waals surface area contributed by atoms with Gasteiger partial charge in [0.1, 0.15) is 5.82 Å². The largest absolute Gasteiger partial charge is 0.354 e. The molecule has 3 aromatic rings. The number of fused-ring (bicyclic) bond motifs is 1. The van der Waals surface area contributed by atoms with Crippen LogP contribution >= 0.6 is 11.6 Å². The molecule has 2 aromatic heterocycles. The first-order chi connectivity index (χ1) is 15.4. The number of hydrogen-bond acceptors (Lipinski definition) is 5. The highest BCUT2D eigenvalue weighted by atomic mass is 35.5. The molecule has 2 amide bonds. The Hall–Kier alpha value is -3.39. The third-order valence-electron chi connectivity index (χ3n) is 6.23. The first-order valence-corrected chi connectivity index (χ1v) is 10.9. The molecule has 0 aliphatic carbocycles. The number of pyridine rings is 1. The van der Waals surface area contributed by atoms with Crippen molar-refractivity contribution < 1.29 is 9.59 Å². The minimum Gasteiger partial charge on any atom is -0.354 e. The fourth-order valence-electron chi connectivity index (χ4n) is 4.26. The van der Waals surface area contributed by atoms with Crippen molar-refractivity contribution in [1.82, 2.24) is 19.7 Å². The summed E-state index contributed by atoms with van der Waals surface area (Å²) in [4.78, 5) is 34.8. The number of nitrogens with zero attached hydrogens (tertiary/aromatic N) is 6. The Kier molecular flexibility index (Phi) is 5.09. The van der Waals surface area contributed by atoms with Crippen LogP contribution in [-0.4, -0.2) is 57.7 Å². The molecular weight excluding hydrogens is 428 g/mol. The van der Waals surface area contributed by atoms with Gasteiger partial charge < -0.3 is 14.7 Å². The Labute approximate surface area is 191 Å².